The highest BCUT2D eigenvalue weighted by Gasteiger charge is 2.18. The molecule has 2 rings (SSSR count). The summed E-state index contributed by atoms with van der Waals surface area (Å²) < 4.78 is 0. The van der Waals surface area contributed by atoms with Crippen LogP contribution < -0.4 is 5.32 Å². The molecule has 0 spiro atoms. The molecule has 1 heterocycles. The summed E-state index contributed by atoms with van der Waals surface area (Å²) in [7, 11) is 0. The first-order chi connectivity index (χ1) is 10.1. The van der Waals surface area contributed by atoms with Gasteiger partial charge in [0.1, 0.15) is 5.02 Å². The van der Waals surface area contributed by atoms with Gasteiger partial charge in [-0.3, -0.25) is 10.1 Å². The van der Waals surface area contributed by atoms with Crippen LogP contribution in [0.4, 0.5) is 11.4 Å². The van der Waals surface area contributed by atoms with E-state index in [1.807, 2.05) is 6.07 Å². The summed E-state index contributed by atoms with van der Waals surface area (Å²) in [5, 5.41) is 14.5. The maximum atomic E-state index is 10.9. The van der Waals surface area contributed by atoms with E-state index in [2.05, 4.69) is 17.1 Å². The molecule has 6 heteroatoms. The molecule has 0 bridgehead atoms. The van der Waals surface area contributed by atoms with Crippen LogP contribution in [0.5, 0.6) is 0 Å². The molecule has 1 atom stereocenters. The van der Waals surface area contributed by atoms with E-state index >= 15 is 0 Å². The van der Waals surface area contributed by atoms with E-state index in [0.717, 1.165) is 44.6 Å². The fourth-order valence-corrected chi connectivity index (χ4v) is 3.00. The van der Waals surface area contributed by atoms with Crippen molar-refractivity contribution in [3.05, 3.63) is 33.3 Å². The van der Waals surface area contributed by atoms with Gasteiger partial charge in [-0.15, -0.1) is 0 Å². The summed E-state index contributed by atoms with van der Waals surface area (Å²) in [6.07, 6.45) is 4.50. The summed E-state index contributed by atoms with van der Waals surface area (Å²) in [4.78, 5) is 13.0. The minimum absolute atomic E-state index is 0.0390. The first kappa shape index (κ1) is 16.0. The third-order valence-electron chi connectivity index (χ3n) is 3.87. The van der Waals surface area contributed by atoms with Crippen molar-refractivity contribution in [1.82, 2.24) is 4.90 Å². The van der Waals surface area contributed by atoms with Gasteiger partial charge in [0.15, 0.2) is 0 Å². The lowest BCUT2D eigenvalue weighted by Gasteiger charge is -2.20. The highest BCUT2D eigenvalue weighted by molar-refractivity contribution is 6.32. The Balaban J connectivity index is 1.98. The van der Waals surface area contributed by atoms with Crippen LogP contribution in [-0.2, 0) is 0 Å². The zero-order valence-corrected chi connectivity index (χ0v) is 13.1. The van der Waals surface area contributed by atoms with Crippen LogP contribution >= 0.6 is 11.6 Å². The second kappa shape index (κ2) is 7.61. The normalized spacial score (nSPS) is 20.0. The van der Waals surface area contributed by atoms with Crippen molar-refractivity contribution in [3.8, 4) is 0 Å². The molecule has 0 aromatic heterocycles. The van der Waals surface area contributed by atoms with Gasteiger partial charge in [0.05, 0.1) is 4.92 Å². The van der Waals surface area contributed by atoms with Gasteiger partial charge in [0.2, 0.25) is 0 Å². The van der Waals surface area contributed by atoms with Crippen molar-refractivity contribution in [3.63, 3.8) is 0 Å². The van der Waals surface area contributed by atoms with Crippen LogP contribution in [0.15, 0.2) is 18.2 Å². The molecule has 0 aliphatic carbocycles. The number of rotatable bonds is 5. The predicted molar refractivity (Wildman–Crippen MR) is 86.1 cm³/mol. The van der Waals surface area contributed by atoms with E-state index in [-0.39, 0.29) is 10.7 Å². The Morgan fingerprint density at radius 2 is 2.24 bits per heavy atom. The van der Waals surface area contributed by atoms with Gasteiger partial charge in [-0.05, 0) is 50.9 Å². The summed E-state index contributed by atoms with van der Waals surface area (Å²) in [5.41, 5.74) is 0.739. The Bertz CT molecular complexity index is 496. The summed E-state index contributed by atoms with van der Waals surface area (Å²) in [6.45, 7) is 5.58. The average molecular weight is 312 g/mol. The highest BCUT2D eigenvalue weighted by Crippen LogP contribution is 2.28. The minimum atomic E-state index is -0.441. The third kappa shape index (κ3) is 4.58. The number of nitro groups is 1. The molecule has 21 heavy (non-hydrogen) atoms. The van der Waals surface area contributed by atoms with E-state index in [9.17, 15) is 10.1 Å². The van der Waals surface area contributed by atoms with Crippen molar-refractivity contribution in [2.24, 2.45) is 0 Å². The lowest BCUT2D eigenvalue weighted by Crippen LogP contribution is -2.27. The van der Waals surface area contributed by atoms with Crippen molar-refractivity contribution < 1.29 is 4.92 Å². The predicted octanol–water partition coefficient (Wildman–Crippen LogP) is 3.92. The number of nitro benzene ring substituents is 1. The van der Waals surface area contributed by atoms with Crippen molar-refractivity contribution in [2.75, 3.05) is 25.0 Å². The van der Waals surface area contributed by atoms with E-state index in [1.54, 1.807) is 6.07 Å². The fourth-order valence-electron chi connectivity index (χ4n) is 2.82. The Labute approximate surface area is 130 Å². The van der Waals surface area contributed by atoms with Crippen molar-refractivity contribution in [2.45, 2.75) is 38.6 Å². The zero-order valence-electron chi connectivity index (χ0n) is 12.3. The first-order valence-corrected chi connectivity index (χ1v) is 7.90. The maximum absolute atomic E-state index is 10.9. The van der Waals surface area contributed by atoms with E-state index in [1.165, 1.54) is 12.5 Å². The second-order valence-electron chi connectivity index (χ2n) is 5.54. The molecule has 5 nitrogen and oxygen atoms in total. The van der Waals surface area contributed by atoms with Crippen LogP contribution in [0, 0.1) is 10.1 Å². The van der Waals surface area contributed by atoms with Gasteiger partial charge in [-0.2, -0.15) is 0 Å². The van der Waals surface area contributed by atoms with Crippen molar-refractivity contribution in [1.29, 1.82) is 0 Å². The summed E-state index contributed by atoms with van der Waals surface area (Å²) in [5.74, 6) is 0. The molecule has 1 aliphatic rings. The van der Waals surface area contributed by atoms with Gasteiger partial charge in [0, 0.05) is 24.3 Å². The molecule has 0 radical (unpaired) electrons. The molecule has 1 aromatic rings. The molecular formula is C15H22ClN3O2. The summed E-state index contributed by atoms with van der Waals surface area (Å²) in [6, 6.07) is 5.29. The number of nitrogens with zero attached hydrogens (tertiary/aromatic N) is 2. The standard InChI is InChI=1S/C15H22ClN3O2/c1-2-8-18-9-3-4-12(7-10-18)17-13-5-6-14(16)15(11-13)19(20)21/h5-6,11-12,17H,2-4,7-10H2,1H3. The number of hydrogen-bond acceptors (Lipinski definition) is 4. The number of halogens is 1. The smallest absolute Gasteiger partial charge is 0.289 e. The third-order valence-corrected chi connectivity index (χ3v) is 4.19. The number of likely N-dealkylation sites (tertiary alicyclic amines) is 1. The largest absolute Gasteiger partial charge is 0.382 e. The van der Waals surface area contributed by atoms with E-state index < -0.39 is 4.92 Å². The van der Waals surface area contributed by atoms with Crippen LogP contribution in [0.2, 0.25) is 5.02 Å². The molecule has 0 amide bonds. The SMILES string of the molecule is CCCN1CCCC(Nc2ccc(Cl)c([N+](=O)[O-])c2)CC1. The molecule has 1 saturated heterocycles. The molecule has 0 saturated carbocycles. The Morgan fingerprint density at radius 3 is 2.95 bits per heavy atom. The van der Waals surface area contributed by atoms with Crippen LogP contribution in [0.1, 0.15) is 32.6 Å². The van der Waals surface area contributed by atoms with E-state index in [0.29, 0.717) is 6.04 Å². The first-order valence-electron chi connectivity index (χ1n) is 7.53. The molecule has 1 N–H and O–H groups in total. The molecule has 1 aromatic carbocycles. The molecule has 1 aliphatic heterocycles. The van der Waals surface area contributed by atoms with Gasteiger partial charge in [-0.25, -0.2) is 0 Å². The molecule has 116 valence electrons. The number of anilines is 1. The van der Waals surface area contributed by atoms with Gasteiger partial charge >= 0.3 is 0 Å². The fraction of sp³-hybridized carbons (Fsp3) is 0.600. The highest BCUT2D eigenvalue weighted by atomic mass is 35.5. The second-order valence-corrected chi connectivity index (χ2v) is 5.94. The number of hydrogen-bond donors (Lipinski definition) is 1. The Hall–Kier alpha value is -1.33. The minimum Gasteiger partial charge on any atom is -0.382 e. The Morgan fingerprint density at radius 1 is 1.43 bits per heavy atom. The maximum Gasteiger partial charge on any atom is 0.289 e. The van der Waals surface area contributed by atoms with Crippen LogP contribution in [0.25, 0.3) is 0 Å². The lowest BCUT2D eigenvalue weighted by molar-refractivity contribution is -0.384. The monoisotopic (exact) mass is 311 g/mol. The summed E-state index contributed by atoms with van der Waals surface area (Å²) >= 11 is 5.84. The quantitative estimate of drug-likeness (QED) is 0.661. The van der Waals surface area contributed by atoms with Crippen LogP contribution in [0.3, 0.4) is 0 Å². The van der Waals surface area contributed by atoms with Crippen LogP contribution in [-0.4, -0.2) is 35.5 Å². The average Bonchev–Trinajstić information content (AvgIpc) is 2.67. The lowest BCUT2D eigenvalue weighted by atomic mass is 10.1. The molecule has 1 unspecified atom stereocenters. The Kier molecular flexibility index (Phi) is 5.82. The van der Waals surface area contributed by atoms with Crippen molar-refractivity contribution >= 4 is 23.0 Å². The number of benzene rings is 1. The topological polar surface area (TPSA) is 58.4 Å². The van der Waals surface area contributed by atoms with Gasteiger partial charge in [0.25, 0.3) is 5.69 Å². The molecule has 1 fully saturated rings. The van der Waals surface area contributed by atoms with Gasteiger partial charge in [-0.1, -0.05) is 18.5 Å². The zero-order chi connectivity index (χ0) is 15.2. The number of nitrogens with one attached hydrogen (secondary N) is 1. The molecular weight excluding hydrogens is 290 g/mol. The van der Waals surface area contributed by atoms with E-state index in [4.69, 9.17) is 11.6 Å². The van der Waals surface area contributed by atoms with Gasteiger partial charge < -0.3 is 10.2 Å².